The van der Waals surface area contributed by atoms with Gasteiger partial charge >= 0.3 is 21.1 Å². The van der Waals surface area contributed by atoms with E-state index in [0.717, 1.165) is 66.5 Å². The Balaban J connectivity index is 0.00000450. The summed E-state index contributed by atoms with van der Waals surface area (Å²) in [6.45, 7) is 18.1. The zero-order chi connectivity index (χ0) is 37.3. The zero-order valence-corrected chi connectivity index (χ0v) is 35.3. The van der Waals surface area contributed by atoms with Crippen LogP contribution < -0.4 is 4.90 Å². The van der Waals surface area contributed by atoms with Crippen LogP contribution in [0, 0.1) is 6.07 Å². The Kier molecular flexibility index (Phi) is 9.70. The van der Waals surface area contributed by atoms with Crippen LogP contribution in [0.5, 0.6) is 0 Å². The standard InChI is InChI=1S/C49H46N3S.Pt/c1-47(2,3)34-21-18-32(19-22-34)37-30-38(31-14-10-9-11-15-31)46(53)45-36(37)23-25-41(51-45)33-20-24-40-43(28-33)52(42-17-13-12-16-39(42)49(40,7)8)44-29-35(26-27-50-44)48(4,5)6;/h9-27,29-30,53H,1-8H3;/q-1;+2/p-1. The van der Waals surface area contributed by atoms with Crippen molar-refractivity contribution in [2.45, 2.75) is 76.5 Å². The molecule has 0 bridgehead atoms. The number of pyridine rings is 2. The number of benzene rings is 5. The molecule has 0 saturated carbocycles. The Bertz CT molecular complexity index is 2510. The van der Waals surface area contributed by atoms with Crippen molar-refractivity contribution in [2.24, 2.45) is 0 Å². The van der Waals surface area contributed by atoms with Gasteiger partial charge in [0.05, 0.1) is 0 Å². The third-order valence-corrected chi connectivity index (χ3v) is 11.3. The number of rotatable bonds is 4. The summed E-state index contributed by atoms with van der Waals surface area (Å²) in [6.07, 6.45) is 1.93. The van der Waals surface area contributed by atoms with E-state index < -0.39 is 0 Å². The van der Waals surface area contributed by atoms with E-state index in [1.807, 2.05) is 12.3 Å². The topological polar surface area (TPSA) is 29.0 Å². The molecule has 5 heteroatoms. The van der Waals surface area contributed by atoms with Crippen LogP contribution in [-0.4, -0.2) is 9.97 Å². The molecule has 2 aromatic heterocycles. The van der Waals surface area contributed by atoms with Gasteiger partial charge in [0.15, 0.2) is 0 Å². The molecule has 0 saturated heterocycles. The van der Waals surface area contributed by atoms with Gasteiger partial charge in [0, 0.05) is 22.8 Å². The Morgan fingerprint density at radius 3 is 2.02 bits per heavy atom. The Hall–Kier alpha value is -4.63. The minimum atomic E-state index is -0.244. The molecule has 272 valence electrons. The summed E-state index contributed by atoms with van der Waals surface area (Å²) in [6, 6.07) is 47.2. The predicted molar refractivity (Wildman–Crippen MR) is 225 cm³/mol. The predicted octanol–water partition coefficient (Wildman–Crippen LogP) is 13.0. The van der Waals surface area contributed by atoms with E-state index in [4.69, 9.17) is 22.6 Å². The smallest absolute Gasteiger partial charge is 0.777 e. The van der Waals surface area contributed by atoms with E-state index in [1.165, 1.54) is 22.3 Å². The molecular weight excluding hydrogens is 858 g/mol. The van der Waals surface area contributed by atoms with Crippen LogP contribution in [0.2, 0.25) is 0 Å². The van der Waals surface area contributed by atoms with Crippen LogP contribution in [0.3, 0.4) is 0 Å². The minimum Gasteiger partial charge on any atom is -0.777 e. The van der Waals surface area contributed by atoms with Gasteiger partial charge in [-0.25, -0.2) is 4.98 Å². The van der Waals surface area contributed by atoms with Gasteiger partial charge in [-0.3, -0.25) is 4.98 Å². The summed E-state index contributed by atoms with van der Waals surface area (Å²) >= 11 is 6.27. The SMILES string of the molecule is CC(C)(C)c1ccc(-c2cc(-c3ccccc3)c([S-])c3nc(-c4[c-]c5c(cc4)C(C)(C)c4ccccc4N5c4cc(C(C)(C)C)ccn4)ccc23)cc1.[Pt+2]. The number of fused-ring (bicyclic) bond motifs is 3. The molecule has 1 aliphatic heterocycles. The molecule has 0 amide bonds. The molecule has 0 atom stereocenters. The van der Waals surface area contributed by atoms with Crippen molar-refractivity contribution >= 4 is 40.7 Å². The van der Waals surface area contributed by atoms with Gasteiger partial charge < -0.3 is 17.5 Å². The van der Waals surface area contributed by atoms with Crippen LogP contribution in [0.4, 0.5) is 17.2 Å². The van der Waals surface area contributed by atoms with Crippen LogP contribution in [-0.2, 0) is 49.9 Å². The van der Waals surface area contributed by atoms with Gasteiger partial charge in [-0.15, -0.1) is 28.7 Å². The number of nitrogens with zero attached hydrogens (tertiary/aromatic N) is 3. The van der Waals surface area contributed by atoms with Gasteiger partial charge in [-0.1, -0.05) is 146 Å². The fourth-order valence-electron chi connectivity index (χ4n) is 7.66. The quantitative estimate of drug-likeness (QED) is 0.130. The fourth-order valence-corrected chi connectivity index (χ4v) is 7.99. The molecule has 0 radical (unpaired) electrons. The third-order valence-electron chi connectivity index (χ3n) is 10.8. The van der Waals surface area contributed by atoms with Crippen LogP contribution >= 0.6 is 0 Å². The maximum Gasteiger partial charge on any atom is 2.00 e. The summed E-state index contributed by atoms with van der Waals surface area (Å²) in [5.74, 6) is 0.879. The average Bonchev–Trinajstić information content (AvgIpc) is 3.15. The second-order valence-corrected chi connectivity index (χ2v) is 17.3. The number of anilines is 3. The van der Waals surface area contributed by atoms with E-state index in [1.54, 1.807) is 0 Å². The van der Waals surface area contributed by atoms with Crippen molar-refractivity contribution in [1.82, 2.24) is 9.97 Å². The Morgan fingerprint density at radius 1 is 0.648 bits per heavy atom. The normalized spacial score (nSPS) is 13.6. The van der Waals surface area contributed by atoms with E-state index in [2.05, 4.69) is 182 Å². The van der Waals surface area contributed by atoms with Crippen LogP contribution in [0.25, 0.3) is 44.4 Å². The molecule has 0 N–H and O–H groups in total. The van der Waals surface area contributed by atoms with E-state index >= 15 is 0 Å². The molecule has 7 aromatic rings. The largest absolute Gasteiger partial charge is 2.00 e. The number of aromatic nitrogens is 2. The summed E-state index contributed by atoms with van der Waals surface area (Å²) < 4.78 is 0. The maximum absolute atomic E-state index is 6.27. The molecule has 8 rings (SSSR count). The second kappa shape index (κ2) is 13.9. The third kappa shape index (κ3) is 6.58. The van der Waals surface area contributed by atoms with Crippen molar-refractivity contribution in [3.8, 4) is 33.5 Å². The summed E-state index contributed by atoms with van der Waals surface area (Å²) in [7, 11) is 0. The molecule has 0 aliphatic carbocycles. The van der Waals surface area contributed by atoms with Crippen LogP contribution in [0.1, 0.15) is 77.6 Å². The first kappa shape index (κ1) is 37.7. The van der Waals surface area contributed by atoms with Gasteiger partial charge in [0.25, 0.3) is 0 Å². The second-order valence-electron chi connectivity index (χ2n) is 16.9. The molecule has 3 heterocycles. The fraction of sp³-hybridized carbons (Fsp3) is 0.224. The van der Waals surface area contributed by atoms with E-state index in [-0.39, 0.29) is 37.3 Å². The number of para-hydroxylation sites is 1. The van der Waals surface area contributed by atoms with E-state index in [9.17, 15) is 0 Å². The van der Waals surface area contributed by atoms with Gasteiger partial charge in [0.2, 0.25) is 0 Å². The van der Waals surface area contributed by atoms with Crippen molar-refractivity contribution in [1.29, 1.82) is 0 Å². The summed E-state index contributed by atoms with van der Waals surface area (Å²) in [4.78, 5) is 13.4. The van der Waals surface area contributed by atoms with Gasteiger partial charge in [-0.05, 0) is 90.8 Å². The first-order chi connectivity index (χ1) is 25.2. The van der Waals surface area contributed by atoms with Crippen molar-refractivity contribution in [3.05, 3.63) is 156 Å². The molecular formula is C49H45N3PtS. The molecule has 54 heavy (non-hydrogen) atoms. The molecule has 3 nitrogen and oxygen atoms in total. The molecule has 0 fully saturated rings. The van der Waals surface area contributed by atoms with Crippen molar-refractivity contribution in [2.75, 3.05) is 4.90 Å². The molecule has 0 spiro atoms. The number of hydrogen-bond donors (Lipinski definition) is 0. The van der Waals surface area contributed by atoms with Crippen LogP contribution in [0.15, 0.2) is 132 Å². The average molecular weight is 903 g/mol. The minimum absolute atomic E-state index is 0. The first-order valence-electron chi connectivity index (χ1n) is 18.5. The summed E-state index contributed by atoms with van der Waals surface area (Å²) in [5, 5.41) is 1.04. The van der Waals surface area contributed by atoms with Crippen molar-refractivity contribution in [3.63, 3.8) is 0 Å². The first-order valence-corrected chi connectivity index (χ1v) is 18.9. The molecule has 5 aromatic carbocycles. The molecule has 0 unspecified atom stereocenters. The van der Waals surface area contributed by atoms with Gasteiger partial charge in [0.1, 0.15) is 5.82 Å². The zero-order valence-electron chi connectivity index (χ0n) is 32.2. The summed E-state index contributed by atoms with van der Waals surface area (Å²) in [5.41, 5.74) is 13.8. The monoisotopic (exact) mass is 902 g/mol. The van der Waals surface area contributed by atoms with Gasteiger partial charge in [-0.2, -0.15) is 0 Å². The van der Waals surface area contributed by atoms with E-state index in [0.29, 0.717) is 0 Å². The number of hydrogen-bond acceptors (Lipinski definition) is 4. The maximum atomic E-state index is 6.27. The molecule has 1 aliphatic rings. The Labute approximate surface area is 340 Å². The Morgan fingerprint density at radius 2 is 1.31 bits per heavy atom. The van der Waals surface area contributed by atoms with Crippen molar-refractivity contribution < 1.29 is 21.1 Å².